The van der Waals surface area contributed by atoms with Gasteiger partial charge in [-0.2, -0.15) is 0 Å². The third-order valence-corrected chi connectivity index (χ3v) is 2.24. The van der Waals surface area contributed by atoms with E-state index in [0.717, 1.165) is 0 Å². The molecule has 3 N–H and O–H groups in total. The number of ether oxygens (including phenoxy) is 1. The van der Waals surface area contributed by atoms with E-state index in [9.17, 15) is 14.7 Å². The van der Waals surface area contributed by atoms with Crippen LogP contribution in [-0.2, 0) is 9.53 Å². The van der Waals surface area contributed by atoms with Gasteiger partial charge in [0, 0.05) is 6.61 Å². The number of aromatic hydroxyl groups is 1. The molecule has 0 aliphatic heterocycles. The summed E-state index contributed by atoms with van der Waals surface area (Å²) in [4.78, 5) is 22.7. The van der Waals surface area contributed by atoms with E-state index >= 15 is 0 Å². The van der Waals surface area contributed by atoms with Crippen molar-refractivity contribution in [2.45, 2.75) is 13.0 Å². The van der Waals surface area contributed by atoms with E-state index in [1.165, 1.54) is 12.1 Å². The summed E-state index contributed by atoms with van der Waals surface area (Å²) >= 11 is 0. The molecule has 0 bridgehead atoms. The summed E-state index contributed by atoms with van der Waals surface area (Å²) in [5.74, 6) is -2.04. The van der Waals surface area contributed by atoms with Crippen molar-refractivity contribution in [3.63, 3.8) is 0 Å². The molecule has 0 aliphatic rings. The fourth-order valence-corrected chi connectivity index (χ4v) is 1.31. The molecule has 6 nitrogen and oxygen atoms in total. The van der Waals surface area contributed by atoms with Crippen LogP contribution < -0.4 is 5.32 Å². The monoisotopic (exact) mass is 253 g/mol. The lowest BCUT2D eigenvalue weighted by atomic mass is 10.1. The van der Waals surface area contributed by atoms with Gasteiger partial charge < -0.3 is 20.3 Å². The molecule has 0 saturated carbocycles. The van der Waals surface area contributed by atoms with Gasteiger partial charge in [-0.15, -0.1) is 0 Å². The standard InChI is InChI=1S/C12H15NO5/c1-2-18-7-9(12(16)17)13-11(15)8-5-3-4-6-10(8)14/h3-6,9,14H,2,7H2,1H3,(H,13,15)(H,16,17)/t9-/m0/s1. The maximum atomic E-state index is 11.8. The number of aliphatic carboxylic acids is 1. The van der Waals surface area contributed by atoms with Crippen molar-refractivity contribution in [1.29, 1.82) is 0 Å². The molecule has 1 rings (SSSR count). The molecular weight excluding hydrogens is 238 g/mol. The molecule has 0 fully saturated rings. The zero-order chi connectivity index (χ0) is 13.5. The first kappa shape index (κ1) is 14.0. The van der Waals surface area contributed by atoms with Gasteiger partial charge in [0.1, 0.15) is 5.75 Å². The molecule has 0 spiro atoms. The largest absolute Gasteiger partial charge is 0.507 e. The summed E-state index contributed by atoms with van der Waals surface area (Å²) in [5.41, 5.74) is 0.0280. The summed E-state index contributed by atoms with van der Waals surface area (Å²) in [6, 6.07) is 4.77. The Labute approximate surface area is 104 Å². The molecule has 1 aromatic carbocycles. The van der Waals surface area contributed by atoms with Crippen LogP contribution in [0.15, 0.2) is 24.3 Å². The number of carboxylic acids is 1. The summed E-state index contributed by atoms with van der Waals surface area (Å²) < 4.78 is 4.97. The van der Waals surface area contributed by atoms with Crippen molar-refractivity contribution in [3.8, 4) is 5.75 Å². The van der Waals surface area contributed by atoms with E-state index in [4.69, 9.17) is 9.84 Å². The lowest BCUT2D eigenvalue weighted by molar-refractivity contribution is -0.140. The molecule has 0 heterocycles. The Hall–Kier alpha value is -2.08. The first-order chi connectivity index (χ1) is 8.56. The summed E-state index contributed by atoms with van der Waals surface area (Å²) in [6.45, 7) is 1.96. The summed E-state index contributed by atoms with van der Waals surface area (Å²) in [6.07, 6.45) is 0. The van der Waals surface area contributed by atoms with Gasteiger partial charge in [-0.05, 0) is 19.1 Å². The predicted molar refractivity (Wildman–Crippen MR) is 63.5 cm³/mol. The molecule has 98 valence electrons. The van der Waals surface area contributed by atoms with Crippen LogP contribution in [-0.4, -0.2) is 41.3 Å². The van der Waals surface area contributed by atoms with Crippen LogP contribution >= 0.6 is 0 Å². The quantitative estimate of drug-likeness (QED) is 0.690. The highest BCUT2D eigenvalue weighted by molar-refractivity contribution is 5.98. The number of phenolic OH excluding ortho intramolecular Hbond substituents is 1. The maximum absolute atomic E-state index is 11.8. The van der Waals surface area contributed by atoms with E-state index in [1.807, 2.05) is 0 Å². The summed E-state index contributed by atoms with van der Waals surface area (Å²) in [5, 5.41) is 20.7. The fourth-order valence-electron chi connectivity index (χ4n) is 1.31. The highest BCUT2D eigenvalue weighted by atomic mass is 16.5. The second-order valence-electron chi connectivity index (χ2n) is 3.54. The molecule has 18 heavy (non-hydrogen) atoms. The number of rotatable bonds is 6. The number of hydrogen-bond acceptors (Lipinski definition) is 4. The Bertz CT molecular complexity index is 432. The normalized spacial score (nSPS) is 11.8. The third kappa shape index (κ3) is 3.74. The van der Waals surface area contributed by atoms with Gasteiger partial charge in [0.25, 0.3) is 5.91 Å². The Balaban J connectivity index is 2.72. The maximum Gasteiger partial charge on any atom is 0.328 e. The van der Waals surface area contributed by atoms with Crippen LogP contribution in [0.1, 0.15) is 17.3 Å². The average Bonchev–Trinajstić information content (AvgIpc) is 2.34. The third-order valence-electron chi connectivity index (χ3n) is 2.24. The van der Waals surface area contributed by atoms with E-state index in [0.29, 0.717) is 6.61 Å². The first-order valence-electron chi connectivity index (χ1n) is 5.45. The van der Waals surface area contributed by atoms with Crippen molar-refractivity contribution >= 4 is 11.9 Å². The number of carbonyl (C=O) groups excluding carboxylic acids is 1. The minimum Gasteiger partial charge on any atom is -0.507 e. The van der Waals surface area contributed by atoms with Crippen LogP contribution in [0, 0.1) is 0 Å². The van der Waals surface area contributed by atoms with Gasteiger partial charge in [0.15, 0.2) is 6.04 Å². The van der Waals surface area contributed by atoms with Gasteiger partial charge in [0.05, 0.1) is 12.2 Å². The minimum atomic E-state index is -1.19. The van der Waals surface area contributed by atoms with Gasteiger partial charge in [-0.3, -0.25) is 4.79 Å². The number of carbonyl (C=O) groups is 2. The molecule has 1 atom stereocenters. The molecule has 1 amide bonds. The SMILES string of the molecule is CCOC[C@H](NC(=O)c1ccccc1O)C(=O)O. The van der Waals surface area contributed by atoms with Crippen molar-refractivity contribution in [2.75, 3.05) is 13.2 Å². The molecular formula is C12H15NO5. The Morgan fingerprint density at radius 3 is 2.61 bits per heavy atom. The average molecular weight is 253 g/mol. The number of nitrogens with one attached hydrogen (secondary N) is 1. The van der Waals surface area contributed by atoms with Crippen LogP contribution in [0.5, 0.6) is 5.75 Å². The van der Waals surface area contributed by atoms with Crippen LogP contribution in [0.2, 0.25) is 0 Å². The van der Waals surface area contributed by atoms with Gasteiger partial charge >= 0.3 is 5.97 Å². The number of phenols is 1. The van der Waals surface area contributed by atoms with Crippen LogP contribution in [0.25, 0.3) is 0 Å². The molecule has 6 heteroatoms. The Kier molecular flexibility index (Phi) is 5.13. The fraction of sp³-hybridized carbons (Fsp3) is 0.333. The molecule has 0 radical (unpaired) electrons. The lowest BCUT2D eigenvalue weighted by Gasteiger charge is -2.14. The Morgan fingerprint density at radius 2 is 2.06 bits per heavy atom. The molecule has 0 aromatic heterocycles. The van der Waals surface area contributed by atoms with Gasteiger partial charge in [0.2, 0.25) is 0 Å². The van der Waals surface area contributed by atoms with Crippen LogP contribution in [0.4, 0.5) is 0 Å². The van der Waals surface area contributed by atoms with E-state index in [1.54, 1.807) is 19.1 Å². The second-order valence-corrected chi connectivity index (χ2v) is 3.54. The van der Waals surface area contributed by atoms with E-state index in [-0.39, 0.29) is 17.9 Å². The number of benzene rings is 1. The smallest absolute Gasteiger partial charge is 0.328 e. The molecule has 0 saturated heterocycles. The minimum absolute atomic E-state index is 0.0280. The molecule has 0 unspecified atom stereocenters. The summed E-state index contributed by atoms with van der Waals surface area (Å²) in [7, 11) is 0. The molecule has 0 aliphatic carbocycles. The van der Waals surface area contributed by atoms with Crippen molar-refractivity contribution in [1.82, 2.24) is 5.32 Å². The van der Waals surface area contributed by atoms with E-state index in [2.05, 4.69) is 5.32 Å². The number of amides is 1. The number of hydrogen-bond donors (Lipinski definition) is 3. The Morgan fingerprint density at radius 1 is 1.39 bits per heavy atom. The van der Waals surface area contributed by atoms with Crippen molar-refractivity contribution in [2.24, 2.45) is 0 Å². The zero-order valence-corrected chi connectivity index (χ0v) is 9.92. The van der Waals surface area contributed by atoms with Crippen LogP contribution in [0.3, 0.4) is 0 Å². The highest BCUT2D eigenvalue weighted by Gasteiger charge is 2.21. The predicted octanol–water partition coefficient (Wildman–Crippen LogP) is 0.612. The van der Waals surface area contributed by atoms with Crippen molar-refractivity contribution < 1.29 is 24.5 Å². The zero-order valence-electron chi connectivity index (χ0n) is 9.92. The number of carboxylic acid groups (broad SMARTS) is 1. The van der Waals surface area contributed by atoms with Gasteiger partial charge in [-0.25, -0.2) is 4.79 Å². The molecule has 1 aromatic rings. The van der Waals surface area contributed by atoms with Gasteiger partial charge in [-0.1, -0.05) is 12.1 Å². The number of para-hydroxylation sites is 1. The van der Waals surface area contributed by atoms with Crippen molar-refractivity contribution in [3.05, 3.63) is 29.8 Å². The topological polar surface area (TPSA) is 95.9 Å². The lowest BCUT2D eigenvalue weighted by Crippen LogP contribution is -2.44. The highest BCUT2D eigenvalue weighted by Crippen LogP contribution is 2.15. The first-order valence-corrected chi connectivity index (χ1v) is 5.45. The second kappa shape index (κ2) is 6.61. The van der Waals surface area contributed by atoms with E-state index < -0.39 is 17.9 Å².